The van der Waals surface area contributed by atoms with Crippen molar-refractivity contribution in [3.8, 4) is 0 Å². The van der Waals surface area contributed by atoms with Gasteiger partial charge in [0, 0.05) is 18.7 Å². The van der Waals surface area contributed by atoms with Crippen LogP contribution in [0.2, 0.25) is 0 Å². The number of nitrogens with one attached hydrogen (secondary N) is 2. The monoisotopic (exact) mass is 385 g/mol. The number of carbonyl (C=O) groups is 2. The normalized spacial score (nSPS) is 18.2. The van der Waals surface area contributed by atoms with Crippen molar-refractivity contribution in [2.24, 2.45) is 11.8 Å². The number of amides is 2. The summed E-state index contributed by atoms with van der Waals surface area (Å²) >= 11 is 0. The number of hydrogen-bond acceptors (Lipinski definition) is 3. The smallest absolute Gasteiger partial charge is 0.251 e. The lowest BCUT2D eigenvalue weighted by Gasteiger charge is -2.36. The molecule has 146 valence electrons. The van der Waals surface area contributed by atoms with Gasteiger partial charge in [0.1, 0.15) is 11.9 Å². The topological polar surface area (TPSA) is 61.4 Å². The molecule has 1 fully saturated rings. The van der Waals surface area contributed by atoms with E-state index >= 15 is 0 Å². The predicted octanol–water partition coefficient (Wildman–Crippen LogP) is 2.46. The Kier molecular flexibility index (Phi) is 9.02. The molecule has 2 amide bonds. The van der Waals surface area contributed by atoms with Crippen LogP contribution in [-0.4, -0.2) is 49.4 Å². The van der Waals surface area contributed by atoms with E-state index in [1.165, 1.54) is 24.3 Å². The largest absolute Gasteiger partial charge is 0.341 e. The van der Waals surface area contributed by atoms with E-state index in [4.69, 9.17) is 0 Å². The zero-order valence-electron chi connectivity index (χ0n) is 15.6. The fourth-order valence-electron chi connectivity index (χ4n) is 3.26. The number of halogens is 2. The second-order valence-corrected chi connectivity index (χ2v) is 7.05. The molecule has 0 aromatic heterocycles. The molecule has 26 heavy (non-hydrogen) atoms. The van der Waals surface area contributed by atoms with Gasteiger partial charge in [-0.15, -0.1) is 12.4 Å². The molecule has 2 N–H and O–H groups in total. The van der Waals surface area contributed by atoms with Crippen LogP contribution in [0.4, 0.5) is 4.39 Å². The minimum atomic E-state index is -0.578. The first-order chi connectivity index (χ1) is 11.9. The van der Waals surface area contributed by atoms with E-state index in [2.05, 4.69) is 10.6 Å². The molecule has 1 aliphatic rings. The standard InChI is InChI=1S/C19H28FN3O2.ClH/c1-13(2)17(22-18(24)15-6-8-16(20)9-7-15)19(25)23-10-4-5-14(12-23)11-21-3;/h6-9,13-14,17,21H,4-5,10-12H2,1-3H3,(H,22,24);1H. The van der Waals surface area contributed by atoms with Gasteiger partial charge in [-0.25, -0.2) is 4.39 Å². The second-order valence-electron chi connectivity index (χ2n) is 7.05. The van der Waals surface area contributed by atoms with Crippen LogP contribution in [0.25, 0.3) is 0 Å². The molecule has 1 aromatic rings. The number of likely N-dealkylation sites (tertiary alicyclic amines) is 1. The SMILES string of the molecule is CNCC1CCCN(C(=O)C(NC(=O)c2ccc(F)cc2)C(C)C)C1.Cl. The van der Waals surface area contributed by atoms with Crippen LogP contribution in [-0.2, 0) is 4.79 Å². The van der Waals surface area contributed by atoms with E-state index in [9.17, 15) is 14.0 Å². The number of piperidine rings is 1. The summed E-state index contributed by atoms with van der Waals surface area (Å²) < 4.78 is 13.0. The van der Waals surface area contributed by atoms with Crippen LogP contribution in [0.3, 0.4) is 0 Å². The van der Waals surface area contributed by atoms with Crippen LogP contribution in [0, 0.1) is 17.7 Å². The van der Waals surface area contributed by atoms with E-state index in [1.807, 2.05) is 25.8 Å². The molecule has 7 heteroatoms. The number of rotatable bonds is 6. The molecule has 1 heterocycles. The highest BCUT2D eigenvalue weighted by molar-refractivity contribution is 5.97. The molecule has 0 radical (unpaired) electrons. The summed E-state index contributed by atoms with van der Waals surface area (Å²) in [6.07, 6.45) is 2.09. The van der Waals surface area contributed by atoms with Crippen LogP contribution in [0.5, 0.6) is 0 Å². The lowest BCUT2D eigenvalue weighted by Crippen LogP contribution is -2.54. The Labute approximate surface area is 161 Å². The molecule has 0 saturated carbocycles. The Morgan fingerprint density at radius 2 is 1.92 bits per heavy atom. The van der Waals surface area contributed by atoms with E-state index in [0.717, 1.165) is 32.5 Å². The minimum absolute atomic E-state index is 0. The summed E-state index contributed by atoms with van der Waals surface area (Å²) in [6, 6.07) is 4.76. The van der Waals surface area contributed by atoms with Gasteiger partial charge in [0.15, 0.2) is 0 Å². The van der Waals surface area contributed by atoms with Gasteiger partial charge >= 0.3 is 0 Å². The Morgan fingerprint density at radius 3 is 2.50 bits per heavy atom. The van der Waals surface area contributed by atoms with Crippen molar-refractivity contribution < 1.29 is 14.0 Å². The van der Waals surface area contributed by atoms with Gasteiger partial charge in [0.2, 0.25) is 5.91 Å². The van der Waals surface area contributed by atoms with Crippen LogP contribution in [0.1, 0.15) is 37.0 Å². The third-order valence-electron chi connectivity index (χ3n) is 4.65. The van der Waals surface area contributed by atoms with Crippen molar-refractivity contribution in [2.75, 3.05) is 26.7 Å². The highest BCUT2D eigenvalue weighted by atomic mass is 35.5. The Balaban J connectivity index is 0.00000338. The molecule has 0 aliphatic carbocycles. The first-order valence-electron chi connectivity index (χ1n) is 8.92. The maximum absolute atomic E-state index is 13.0. The van der Waals surface area contributed by atoms with Crippen molar-refractivity contribution in [1.82, 2.24) is 15.5 Å². The van der Waals surface area contributed by atoms with Gasteiger partial charge in [-0.3, -0.25) is 9.59 Å². The molecular formula is C19H29ClFN3O2. The Bertz CT molecular complexity index is 593. The zero-order valence-corrected chi connectivity index (χ0v) is 16.4. The van der Waals surface area contributed by atoms with Gasteiger partial charge in [-0.1, -0.05) is 13.8 Å². The Morgan fingerprint density at radius 1 is 1.27 bits per heavy atom. The predicted molar refractivity (Wildman–Crippen MR) is 103 cm³/mol. The van der Waals surface area contributed by atoms with Crippen molar-refractivity contribution in [3.63, 3.8) is 0 Å². The number of benzene rings is 1. The number of nitrogens with zero attached hydrogens (tertiary/aromatic N) is 1. The molecule has 2 atom stereocenters. The fraction of sp³-hybridized carbons (Fsp3) is 0.579. The summed E-state index contributed by atoms with van der Waals surface area (Å²) in [5.41, 5.74) is 0.353. The number of hydrogen-bond donors (Lipinski definition) is 2. The first kappa shape index (κ1) is 22.4. The maximum atomic E-state index is 13.0. The van der Waals surface area contributed by atoms with E-state index in [1.54, 1.807) is 0 Å². The van der Waals surface area contributed by atoms with Crippen LogP contribution in [0.15, 0.2) is 24.3 Å². The Hall–Kier alpha value is -1.66. The lowest BCUT2D eigenvalue weighted by molar-refractivity contribution is -0.136. The molecule has 1 aromatic carbocycles. The summed E-state index contributed by atoms with van der Waals surface area (Å²) in [5, 5.41) is 6.00. The van der Waals surface area contributed by atoms with Gasteiger partial charge < -0.3 is 15.5 Å². The van der Waals surface area contributed by atoms with E-state index in [0.29, 0.717) is 11.5 Å². The summed E-state index contributed by atoms with van der Waals surface area (Å²) in [7, 11) is 1.92. The highest BCUT2D eigenvalue weighted by Crippen LogP contribution is 2.18. The molecule has 1 aliphatic heterocycles. The van der Waals surface area contributed by atoms with Crippen molar-refractivity contribution >= 4 is 24.2 Å². The molecule has 2 unspecified atom stereocenters. The lowest BCUT2D eigenvalue weighted by atomic mass is 9.95. The zero-order chi connectivity index (χ0) is 18.4. The van der Waals surface area contributed by atoms with Crippen molar-refractivity contribution in [2.45, 2.75) is 32.7 Å². The minimum Gasteiger partial charge on any atom is -0.341 e. The van der Waals surface area contributed by atoms with Gasteiger partial charge in [0.05, 0.1) is 0 Å². The summed E-state index contributed by atoms with van der Waals surface area (Å²) in [5.74, 6) is -0.357. The van der Waals surface area contributed by atoms with Crippen molar-refractivity contribution in [1.29, 1.82) is 0 Å². The molecule has 1 saturated heterocycles. The van der Waals surface area contributed by atoms with Crippen LogP contribution >= 0.6 is 12.4 Å². The third kappa shape index (κ3) is 5.95. The molecule has 5 nitrogen and oxygen atoms in total. The quantitative estimate of drug-likeness (QED) is 0.790. The van der Waals surface area contributed by atoms with Gasteiger partial charge in [0.25, 0.3) is 5.91 Å². The molecule has 0 spiro atoms. The molecular weight excluding hydrogens is 357 g/mol. The third-order valence-corrected chi connectivity index (χ3v) is 4.65. The maximum Gasteiger partial charge on any atom is 0.251 e. The molecule has 0 bridgehead atoms. The van der Waals surface area contributed by atoms with Gasteiger partial charge in [-0.05, 0) is 62.5 Å². The van der Waals surface area contributed by atoms with Crippen molar-refractivity contribution in [3.05, 3.63) is 35.6 Å². The first-order valence-corrected chi connectivity index (χ1v) is 8.92. The van der Waals surface area contributed by atoms with Crippen LogP contribution < -0.4 is 10.6 Å². The number of carbonyl (C=O) groups excluding carboxylic acids is 2. The van der Waals surface area contributed by atoms with Gasteiger partial charge in [-0.2, -0.15) is 0 Å². The molecule has 2 rings (SSSR count). The average Bonchev–Trinajstić information content (AvgIpc) is 2.60. The van der Waals surface area contributed by atoms with E-state index < -0.39 is 11.9 Å². The summed E-state index contributed by atoms with van der Waals surface area (Å²) in [6.45, 7) is 6.17. The van der Waals surface area contributed by atoms with E-state index in [-0.39, 0.29) is 30.1 Å². The fourth-order valence-corrected chi connectivity index (χ4v) is 3.26. The highest BCUT2D eigenvalue weighted by Gasteiger charge is 2.31. The average molecular weight is 386 g/mol. The summed E-state index contributed by atoms with van der Waals surface area (Å²) in [4.78, 5) is 27.2. The second kappa shape index (κ2) is 10.5.